The van der Waals surface area contributed by atoms with Gasteiger partial charge in [-0.2, -0.15) is 0 Å². The van der Waals surface area contributed by atoms with E-state index in [9.17, 15) is 0 Å². The van der Waals surface area contributed by atoms with E-state index in [1.54, 1.807) is 0 Å². The topological polar surface area (TPSA) is 21.3 Å². The van der Waals surface area contributed by atoms with Crippen molar-refractivity contribution < 1.29 is 4.74 Å². The van der Waals surface area contributed by atoms with Crippen LogP contribution < -0.4 is 5.32 Å². The van der Waals surface area contributed by atoms with Gasteiger partial charge >= 0.3 is 0 Å². The Balaban J connectivity index is 1.64. The zero-order valence-corrected chi connectivity index (χ0v) is 12.1. The van der Waals surface area contributed by atoms with Crippen molar-refractivity contribution >= 4 is 10.8 Å². The van der Waals surface area contributed by atoms with Gasteiger partial charge in [-0.05, 0) is 49.1 Å². The lowest BCUT2D eigenvalue weighted by Gasteiger charge is -2.18. The van der Waals surface area contributed by atoms with Crippen molar-refractivity contribution in [3.63, 3.8) is 0 Å². The number of hydrogen-bond donors (Lipinski definition) is 1. The number of hydrogen-bond acceptors (Lipinski definition) is 2. The van der Waals surface area contributed by atoms with Crippen LogP contribution in [-0.2, 0) is 4.74 Å². The van der Waals surface area contributed by atoms with Crippen LogP contribution in [0.3, 0.4) is 0 Å². The van der Waals surface area contributed by atoms with Crippen LogP contribution in [0.15, 0.2) is 42.5 Å². The Bertz CT molecular complexity index is 555. The van der Waals surface area contributed by atoms with E-state index < -0.39 is 0 Å². The highest BCUT2D eigenvalue weighted by Gasteiger charge is 2.15. The molecule has 1 aliphatic heterocycles. The molecule has 1 fully saturated rings. The Hall–Kier alpha value is -1.38. The monoisotopic (exact) mass is 269 g/mol. The van der Waals surface area contributed by atoms with E-state index in [0.29, 0.717) is 12.1 Å². The molecule has 1 heterocycles. The van der Waals surface area contributed by atoms with Crippen molar-refractivity contribution in [2.24, 2.45) is 0 Å². The molecule has 1 aliphatic rings. The zero-order chi connectivity index (χ0) is 13.8. The van der Waals surface area contributed by atoms with Crippen molar-refractivity contribution in [3.05, 3.63) is 48.0 Å². The van der Waals surface area contributed by atoms with E-state index in [0.717, 1.165) is 19.6 Å². The third kappa shape index (κ3) is 3.02. The lowest BCUT2D eigenvalue weighted by molar-refractivity contribution is 0.103. The minimum absolute atomic E-state index is 0.377. The molecule has 106 valence electrons. The maximum absolute atomic E-state index is 5.67. The summed E-state index contributed by atoms with van der Waals surface area (Å²) in [5.41, 5.74) is 1.38. The third-order valence-electron chi connectivity index (χ3n) is 4.23. The molecular formula is C18H23NO. The fourth-order valence-electron chi connectivity index (χ4n) is 3.07. The molecule has 20 heavy (non-hydrogen) atoms. The van der Waals surface area contributed by atoms with Crippen molar-refractivity contribution in [1.82, 2.24) is 5.32 Å². The molecule has 2 atom stereocenters. The first-order chi connectivity index (χ1) is 9.84. The summed E-state index contributed by atoms with van der Waals surface area (Å²) >= 11 is 0. The Morgan fingerprint density at radius 1 is 1.20 bits per heavy atom. The number of nitrogens with one attached hydrogen (secondary N) is 1. The maximum Gasteiger partial charge on any atom is 0.0588 e. The lowest BCUT2D eigenvalue weighted by Crippen LogP contribution is -2.23. The number of fused-ring (bicyclic) bond motifs is 1. The summed E-state index contributed by atoms with van der Waals surface area (Å²) in [6.07, 6.45) is 4.05. The van der Waals surface area contributed by atoms with E-state index in [4.69, 9.17) is 4.74 Å². The van der Waals surface area contributed by atoms with E-state index >= 15 is 0 Å². The summed E-state index contributed by atoms with van der Waals surface area (Å²) in [6, 6.07) is 15.5. The van der Waals surface area contributed by atoms with Gasteiger partial charge in [0.1, 0.15) is 0 Å². The normalized spacial score (nSPS) is 20.4. The molecule has 2 aromatic rings. The predicted molar refractivity (Wildman–Crippen MR) is 84.0 cm³/mol. The van der Waals surface area contributed by atoms with Crippen molar-refractivity contribution in [2.75, 3.05) is 13.2 Å². The molecule has 0 spiro atoms. The molecule has 1 N–H and O–H groups in total. The Morgan fingerprint density at radius 3 is 2.90 bits per heavy atom. The maximum atomic E-state index is 5.67. The molecular weight excluding hydrogens is 246 g/mol. The van der Waals surface area contributed by atoms with Crippen molar-refractivity contribution in [2.45, 2.75) is 38.3 Å². The van der Waals surface area contributed by atoms with E-state index in [1.807, 2.05) is 0 Å². The van der Waals surface area contributed by atoms with Gasteiger partial charge in [-0.15, -0.1) is 0 Å². The van der Waals surface area contributed by atoms with Crippen molar-refractivity contribution in [1.29, 1.82) is 0 Å². The van der Waals surface area contributed by atoms with Gasteiger partial charge in [0.15, 0.2) is 0 Å². The molecule has 0 saturated carbocycles. The van der Waals surface area contributed by atoms with Gasteiger partial charge in [0.2, 0.25) is 0 Å². The van der Waals surface area contributed by atoms with Crippen LogP contribution in [0.25, 0.3) is 10.8 Å². The quantitative estimate of drug-likeness (QED) is 0.884. The summed E-state index contributed by atoms with van der Waals surface area (Å²) in [5, 5.41) is 6.31. The third-order valence-corrected chi connectivity index (χ3v) is 4.23. The average molecular weight is 269 g/mol. The second-order valence-electron chi connectivity index (χ2n) is 5.67. The van der Waals surface area contributed by atoms with E-state index in [1.165, 1.54) is 29.2 Å². The molecule has 1 saturated heterocycles. The fourth-order valence-corrected chi connectivity index (χ4v) is 3.07. The standard InChI is InChI=1S/C18H23NO/c1-14(19-12-11-16-8-5-13-20-16)17-10-4-7-15-6-2-3-9-18(15)17/h2-4,6-7,9-10,14,16,19H,5,8,11-13H2,1H3/t14-,16+/m1/s1. The minimum atomic E-state index is 0.377. The molecule has 0 aliphatic carbocycles. The largest absolute Gasteiger partial charge is 0.378 e. The van der Waals surface area contributed by atoms with Gasteiger partial charge in [0.25, 0.3) is 0 Å². The molecule has 2 aromatic carbocycles. The average Bonchev–Trinajstić information content (AvgIpc) is 3.00. The highest BCUT2D eigenvalue weighted by molar-refractivity contribution is 5.86. The molecule has 2 nitrogen and oxygen atoms in total. The van der Waals surface area contributed by atoms with Crippen LogP contribution >= 0.6 is 0 Å². The second kappa shape index (κ2) is 6.38. The number of ether oxygens (including phenoxy) is 1. The van der Waals surface area contributed by atoms with E-state index in [-0.39, 0.29) is 0 Å². The Kier molecular flexibility index (Phi) is 4.34. The molecule has 0 amide bonds. The molecule has 2 heteroatoms. The first-order valence-corrected chi connectivity index (χ1v) is 7.67. The Morgan fingerprint density at radius 2 is 2.05 bits per heavy atom. The van der Waals surface area contributed by atoms with Gasteiger partial charge in [0, 0.05) is 12.6 Å². The lowest BCUT2D eigenvalue weighted by atomic mass is 9.99. The van der Waals surface area contributed by atoms with E-state index in [2.05, 4.69) is 54.7 Å². The van der Waals surface area contributed by atoms with Crippen LogP contribution in [0.4, 0.5) is 0 Å². The summed E-state index contributed by atoms with van der Waals surface area (Å²) in [7, 11) is 0. The summed E-state index contributed by atoms with van der Waals surface area (Å²) in [4.78, 5) is 0. The van der Waals surface area contributed by atoms with Gasteiger partial charge in [-0.25, -0.2) is 0 Å². The van der Waals surface area contributed by atoms with Crippen LogP contribution in [-0.4, -0.2) is 19.3 Å². The summed E-state index contributed by atoms with van der Waals surface area (Å²) in [6.45, 7) is 4.22. The summed E-state index contributed by atoms with van der Waals surface area (Å²) < 4.78 is 5.67. The molecule has 3 rings (SSSR count). The van der Waals surface area contributed by atoms with Crippen LogP contribution in [0.1, 0.15) is 37.8 Å². The first-order valence-electron chi connectivity index (χ1n) is 7.67. The van der Waals surface area contributed by atoms with Gasteiger partial charge in [-0.3, -0.25) is 0 Å². The first kappa shape index (κ1) is 13.6. The highest BCUT2D eigenvalue weighted by Crippen LogP contribution is 2.24. The van der Waals surface area contributed by atoms with Gasteiger partial charge in [-0.1, -0.05) is 42.5 Å². The Labute approximate surface area is 121 Å². The SMILES string of the molecule is C[C@@H](NCC[C@@H]1CCCO1)c1cccc2ccccc12. The zero-order valence-electron chi connectivity index (χ0n) is 12.1. The van der Waals surface area contributed by atoms with Crippen LogP contribution in [0, 0.1) is 0 Å². The molecule has 0 bridgehead atoms. The second-order valence-corrected chi connectivity index (χ2v) is 5.67. The molecule has 0 aromatic heterocycles. The number of benzene rings is 2. The molecule has 0 radical (unpaired) electrons. The van der Waals surface area contributed by atoms with Crippen molar-refractivity contribution in [3.8, 4) is 0 Å². The number of rotatable bonds is 5. The smallest absolute Gasteiger partial charge is 0.0588 e. The molecule has 0 unspecified atom stereocenters. The van der Waals surface area contributed by atoms with Gasteiger partial charge in [0.05, 0.1) is 6.10 Å². The van der Waals surface area contributed by atoms with Gasteiger partial charge < -0.3 is 10.1 Å². The van der Waals surface area contributed by atoms with Crippen LogP contribution in [0.2, 0.25) is 0 Å². The minimum Gasteiger partial charge on any atom is -0.378 e. The predicted octanol–water partition coefficient (Wildman–Crippen LogP) is 4.06. The fraction of sp³-hybridized carbons (Fsp3) is 0.444. The van der Waals surface area contributed by atoms with Crippen LogP contribution in [0.5, 0.6) is 0 Å². The highest BCUT2D eigenvalue weighted by atomic mass is 16.5. The summed E-state index contributed by atoms with van der Waals surface area (Å²) in [5.74, 6) is 0.